The Morgan fingerprint density at radius 2 is 1.74 bits per heavy atom. The SMILES string of the molecule is NC1=CC=CC2C1c1ccccc1N2C1=CC=CC(CC2=CC3c4ccccc4OC3C=C2)C1. The van der Waals surface area contributed by atoms with E-state index in [1.54, 1.807) is 0 Å². The van der Waals surface area contributed by atoms with Crippen molar-refractivity contribution in [1.82, 2.24) is 0 Å². The van der Waals surface area contributed by atoms with Gasteiger partial charge >= 0.3 is 0 Å². The Hall–Kier alpha value is -3.72. The third-order valence-corrected chi connectivity index (χ3v) is 7.87. The molecule has 2 N–H and O–H groups in total. The molecule has 7 rings (SSSR count). The van der Waals surface area contributed by atoms with Gasteiger partial charge in [-0.2, -0.15) is 0 Å². The van der Waals surface area contributed by atoms with Crippen LogP contribution in [0.3, 0.4) is 0 Å². The van der Waals surface area contributed by atoms with Gasteiger partial charge in [-0.1, -0.05) is 78.4 Å². The van der Waals surface area contributed by atoms with Gasteiger partial charge in [0.1, 0.15) is 11.9 Å². The van der Waals surface area contributed by atoms with Crippen LogP contribution in [-0.4, -0.2) is 12.1 Å². The first-order valence-corrected chi connectivity index (χ1v) is 12.3. The van der Waals surface area contributed by atoms with Crippen LogP contribution in [0.1, 0.15) is 35.8 Å². The van der Waals surface area contributed by atoms with Crippen LogP contribution in [0.4, 0.5) is 5.69 Å². The van der Waals surface area contributed by atoms with Crippen LogP contribution in [0.15, 0.2) is 120 Å². The lowest BCUT2D eigenvalue weighted by Gasteiger charge is -2.34. The number of anilines is 1. The molecule has 2 aromatic rings. The Labute approximate surface area is 200 Å². The van der Waals surface area contributed by atoms with Crippen molar-refractivity contribution in [1.29, 1.82) is 0 Å². The first kappa shape index (κ1) is 19.7. The maximum Gasteiger partial charge on any atom is 0.128 e. The lowest BCUT2D eigenvalue weighted by molar-refractivity contribution is 0.268. The molecule has 3 heteroatoms. The molecule has 3 aliphatic carbocycles. The number of benzene rings is 2. The Kier molecular flexibility index (Phi) is 4.45. The molecule has 0 amide bonds. The van der Waals surface area contributed by atoms with E-state index in [2.05, 4.69) is 108 Å². The molecular formula is C31H28N2O. The molecule has 2 aliphatic heterocycles. The van der Waals surface area contributed by atoms with Gasteiger partial charge in [0, 0.05) is 34.5 Å². The summed E-state index contributed by atoms with van der Waals surface area (Å²) in [7, 11) is 0. The molecule has 5 unspecified atom stereocenters. The van der Waals surface area contributed by atoms with Crippen molar-refractivity contribution in [3.63, 3.8) is 0 Å². The summed E-state index contributed by atoms with van der Waals surface area (Å²) >= 11 is 0. The van der Waals surface area contributed by atoms with E-state index in [1.807, 2.05) is 0 Å². The number of fused-ring (bicyclic) bond motifs is 6. The quantitative estimate of drug-likeness (QED) is 0.607. The molecule has 2 aromatic carbocycles. The van der Waals surface area contributed by atoms with Gasteiger partial charge < -0.3 is 15.4 Å². The predicted molar refractivity (Wildman–Crippen MR) is 138 cm³/mol. The molecule has 0 saturated carbocycles. The Bertz CT molecular complexity index is 1340. The molecule has 3 nitrogen and oxygen atoms in total. The number of hydrogen-bond acceptors (Lipinski definition) is 3. The second-order valence-electron chi connectivity index (χ2n) is 9.91. The van der Waals surface area contributed by atoms with Crippen LogP contribution in [0.5, 0.6) is 5.75 Å². The van der Waals surface area contributed by atoms with E-state index in [0.717, 1.165) is 24.3 Å². The molecule has 5 atom stereocenters. The molecule has 2 heterocycles. The van der Waals surface area contributed by atoms with Crippen LogP contribution in [-0.2, 0) is 0 Å². The van der Waals surface area contributed by atoms with Crippen molar-refractivity contribution in [2.45, 2.75) is 36.8 Å². The lowest BCUT2D eigenvalue weighted by atomic mass is 9.84. The van der Waals surface area contributed by atoms with Gasteiger partial charge in [-0.3, -0.25) is 0 Å². The molecular weight excluding hydrogens is 416 g/mol. The average Bonchev–Trinajstić information content (AvgIpc) is 3.40. The molecule has 168 valence electrons. The summed E-state index contributed by atoms with van der Waals surface area (Å²) in [6.07, 6.45) is 22.5. The summed E-state index contributed by atoms with van der Waals surface area (Å²) in [6, 6.07) is 17.4. The fourth-order valence-electron chi connectivity index (χ4n) is 6.36. The van der Waals surface area contributed by atoms with Gasteiger partial charge in [-0.05, 0) is 54.7 Å². The summed E-state index contributed by atoms with van der Waals surface area (Å²) < 4.78 is 6.14. The van der Waals surface area contributed by atoms with Crippen LogP contribution in [0, 0.1) is 5.92 Å². The molecule has 0 bridgehead atoms. The second-order valence-corrected chi connectivity index (χ2v) is 9.91. The number of nitrogens with two attached hydrogens (primary N) is 1. The van der Waals surface area contributed by atoms with Gasteiger partial charge in [0.2, 0.25) is 0 Å². The first-order chi connectivity index (χ1) is 16.8. The zero-order chi connectivity index (χ0) is 22.6. The molecule has 34 heavy (non-hydrogen) atoms. The number of rotatable bonds is 3. The van der Waals surface area contributed by atoms with Crippen molar-refractivity contribution in [3.05, 3.63) is 131 Å². The maximum atomic E-state index is 6.48. The van der Waals surface area contributed by atoms with E-state index in [9.17, 15) is 0 Å². The van der Waals surface area contributed by atoms with E-state index in [1.165, 1.54) is 28.1 Å². The van der Waals surface area contributed by atoms with Crippen molar-refractivity contribution < 1.29 is 4.74 Å². The summed E-state index contributed by atoms with van der Waals surface area (Å²) in [4.78, 5) is 2.52. The Balaban J connectivity index is 1.14. The fraction of sp³-hybridized carbons (Fsp3) is 0.226. The van der Waals surface area contributed by atoms with Gasteiger partial charge in [0.25, 0.3) is 0 Å². The summed E-state index contributed by atoms with van der Waals surface area (Å²) in [5.41, 5.74) is 14.1. The highest BCUT2D eigenvalue weighted by Crippen LogP contribution is 2.49. The van der Waals surface area contributed by atoms with E-state index in [4.69, 9.17) is 10.5 Å². The van der Waals surface area contributed by atoms with Crippen LogP contribution >= 0.6 is 0 Å². The van der Waals surface area contributed by atoms with E-state index >= 15 is 0 Å². The van der Waals surface area contributed by atoms with E-state index in [0.29, 0.717) is 11.8 Å². The number of nitrogens with zero attached hydrogens (tertiary/aromatic N) is 1. The predicted octanol–water partition coefficient (Wildman–Crippen LogP) is 6.26. The first-order valence-electron chi connectivity index (χ1n) is 12.3. The standard InChI is InChI=1S/C31H28N2O/c32-26-11-6-13-28-31(26)24-10-1-3-12-27(24)33(28)22-8-5-7-20(18-22)17-21-15-16-30-25(19-21)23-9-2-4-14-29(23)34-30/h1-16,19-20,25,28,30-31H,17-18,32H2. The highest BCUT2D eigenvalue weighted by molar-refractivity contribution is 5.70. The smallest absolute Gasteiger partial charge is 0.128 e. The number of allylic oxidation sites excluding steroid dienone is 8. The minimum Gasteiger partial charge on any atom is -0.485 e. The molecule has 5 aliphatic rings. The molecule has 0 radical (unpaired) electrons. The topological polar surface area (TPSA) is 38.5 Å². The largest absolute Gasteiger partial charge is 0.485 e. The minimum atomic E-state index is 0.133. The average molecular weight is 445 g/mol. The van der Waals surface area contributed by atoms with Gasteiger partial charge in [0.15, 0.2) is 0 Å². The summed E-state index contributed by atoms with van der Waals surface area (Å²) in [5, 5.41) is 0. The molecule has 0 saturated heterocycles. The normalized spacial score (nSPS) is 29.9. The zero-order valence-corrected chi connectivity index (χ0v) is 19.0. The number of ether oxygens (including phenoxy) is 1. The number of hydrogen-bond donors (Lipinski definition) is 1. The summed E-state index contributed by atoms with van der Waals surface area (Å²) in [5.74, 6) is 2.05. The summed E-state index contributed by atoms with van der Waals surface area (Å²) in [6.45, 7) is 0. The third kappa shape index (κ3) is 3.03. The van der Waals surface area contributed by atoms with Crippen molar-refractivity contribution in [2.75, 3.05) is 4.90 Å². The van der Waals surface area contributed by atoms with Crippen LogP contribution in [0.25, 0.3) is 0 Å². The monoisotopic (exact) mass is 444 g/mol. The maximum absolute atomic E-state index is 6.48. The lowest BCUT2D eigenvalue weighted by Crippen LogP contribution is -2.35. The highest BCUT2D eigenvalue weighted by atomic mass is 16.5. The van der Waals surface area contributed by atoms with Gasteiger partial charge in [-0.25, -0.2) is 0 Å². The van der Waals surface area contributed by atoms with E-state index in [-0.39, 0.29) is 18.1 Å². The third-order valence-electron chi connectivity index (χ3n) is 7.87. The molecule has 0 spiro atoms. The fourth-order valence-corrected chi connectivity index (χ4v) is 6.36. The van der Waals surface area contributed by atoms with Crippen molar-refractivity contribution in [3.8, 4) is 5.75 Å². The van der Waals surface area contributed by atoms with Gasteiger partial charge in [-0.15, -0.1) is 0 Å². The highest BCUT2D eigenvalue weighted by Gasteiger charge is 2.41. The zero-order valence-electron chi connectivity index (χ0n) is 19.0. The van der Waals surface area contributed by atoms with Crippen LogP contribution in [0.2, 0.25) is 0 Å². The Morgan fingerprint density at radius 3 is 2.68 bits per heavy atom. The number of para-hydroxylation sites is 2. The van der Waals surface area contributed by atoms with Crippen LogP contribution < -0.4 is 15.4 Å². The second kappa shape index (κ2) is 7.66. The minimum absolute atomic E-state index is 0.133. The van der Waals surface area contributed by atoms with E-state index < -0.39 is 0 Å². The Morgan fingerprint density at radius 1 is 0.912 bits per heavy atom. The molecule has 0 aromatic heterocycles. The van der Waals surface area contributed by atoms with Gasteiger partial charge in [0.05, 0.1) is 6.04 Å². The van der Waals surface area contributed by atoms with Crippen molar-refractivity contribution >= 4 is 5.69 Å². The van der Waals surface area contributed by atoms with Crippen molar-refractivity contribution in [2.24, 2.45) is 11.7 Å². The molecule has 0 fully saturated rings.